The quantitative estimate of drug-likeness (QED) is 0.808. The van der Waals surface area contributed by atoms with Gasteiger partial charge in [-0.05, 0) is 30.2 Å². The second-order valence-electron chi connectivity index (χ2n) is 3.98. The highest BCUT2D eigenvalue weighted by Gasteiger charge is 2.06. The molecule has 0 bridgehead atoms. The third-order valence-electron chi connectivity index (χ3n) is 2.74. The van der Waals surface area contributed by atoms with Gasteiger partial charge in [-0.3, -0.25) is 0 Å². The zero-order valence-electron chi connectivity index (χ0n) is 9.70. The van der Waals surface area contributed by atoms with Crippen molar-refractivity contribution in [3.05, 3.63) is 58.6 Å². The lowest BCUT2D eigenvalue weighted by molar-refractivity contribution is 1.14. The van der Waals surface area contributed by atoms with Crippen LogP contribution >= 0.6 is 11.6 Å². The predicted octanol–water partition coefficient (Wildman–Crippen LogP) is 3.84. The van der Waals surface area contributed by atoms with Crippen LogP contribution < -0.4 is 11.1 Å². The van der Waals surface area contributed by atoms with E-state index in [2.05, 4.69) is 17.4 Å². The van der Waals surface area contributed by atoms with Crippen LogP contribution in [-0.2, 0) is 6.54 Å². The summed E-state index contributed by atoms with van der Waals surface area (Å²) in [5.41, 5.74) is 9.78. The molecular weight excluding hydrogens is 232 g/mol. The van der Waals surface area contributed by atoms with Crippen molar-refractivity contribution in [3.63, 3.8) is 0 Å². The highest BCUT2D eigenvalue weighted by molar-refractivity contribution is 6.31. The van der Waals surface area contributed by atoms with Gasteiger partial charge in [-0.25, -0.2) is 0 Å². The minimum absolute atomic E-state index is 0.725. The molecule has 0 saturated heterocycles. The Morgan fingerprint density at radius 1 is 1.12 bits per heavy atom. The summed E-state index contributed by atoms with van der Waals surface area (Å²) in [7, 11) is 0. The van der Waals surface area contributed by atoms with Crippen LogP contribution in [0.4, 0.5) is 11.4 Å². The Balaban J connectivity index is 2.17. The van der Waals surface area contributed by atoms with E-state index in [-0.39, 0.29) is 0 Å². The number of rotatable bonds is 3. The van der Waals surface area contributed by atoms with E-state index in [4.69, 9.17) is 17.3 Å². The van der Waals surface area contributed by atoms with E-state index < -0.39 is 0 Å². The van der Waals surface area contributed by atoms with Gasteiger partial charge in [0.15, 0.2) is 0 Å². The third kappa shape index (κ3) is 2.71. The molecule has 0 atom stereocenters. The summed E-state index contributed by atoms with van der Waals surface area (Å²) in [5.74, 6) is 0. The van der Waals surface area contributed by atoms with Crippen LogP contribution in [0.1, 0.15) is 11.1 Å². The first kappa shape index (κ1) is 11.8. The molecule has 0 aliphatic carbocycles. The molecule has 0 amide bonds. The third-order valence-corrected chi connectivity index (χ3v) is 3.15. The molecule has 2 rings (SSSR count). The Labute approximate surface area is 106 Å². The molecule has 2 aromatic rings. The van der Waals surface area contributed by atoms with E-state index in [0.29, 0.717) is 0 Å². The second kappa shape index (κ2) is 5.11. The summed E-state index contributed by atoms with van der Waals surface area (Å²) in [4.78, 5) is 0. The number of benzene rings is 2. The summed E-state index contributed by atoms with van der Waals surface area (Å²) in [6, 6.07) is 13.8. The fourth-order valence-corrected chi connectivity index (χ4v) is 1.89. The zero-order valence-corrected chi connectivity index (χ0v) is 10.5. The largest absolute Gasteiger partial charge is 0.397 e. The van der Waals surface area contributed by atoms with E-state index >= 15 is 0 Å². The molecule has 0 unspecified atom stereocenters. The highest BCUT2D eigenvalue weighted by Crippen LogP contribution is 2.29. The maximum absolute atomic E-state index is 6.07. The fraction of sp³-hybridized carbons (Fsp3) is 0.143. The van der Waals surface area contributed by atoms with Crippen LogP contribution in [0, 0.1) is 6.92 Å². The summed E-state index contributed by atoms with van der Waals surface area (Å²) in [5, 5.41) is 4.06. The van der Waals surface area contributed by atoms with Gasteiger partial charge in [0.05, 0.1) is 11.4 Å². The van der Waals surface area contributed by atoms with Crippen molar-refractivity contribution in [2.24, 2.45) is 0 Å². The highest BCUT2D eigenvalue weighted by atomic mass is 35.5. The summed E-state index contributed by atoms with van der Waals surface area (Å²) < 4.78 is 0. The topological polar surface area (TPSA) is 38.0 Å². The monoisotopic (exact) mass is 246 g/mol. The van der Waals surface area contributed by atoms with Crippen LogP contribution in [0.15, 0.2) is 42.5 Å². The zero-order chi connectivity index (χ0) is 12.3. The minimum atomic E-state index is 0.725. The molecule has 0 radical (unpaired) electrons. The molecular formula is C14H15ClN2. The molecule has 0 aliphatic rings. The number of halogens is 1. The predicted molar refractivity (Wildman–Crippen MR) is 74.4 cm³/mol. The smallest absolute Gasteiger partial charge is 0.0621 e. The van der Waals surface area contributed by atoms with Crippen molar-refractivity contribution in [1.82, 2.24) is 0 Å². The van der Waals surface area contributed by atoms with Crippen LogP contribution in [0.25, 0.3) is 0 Å². The Bertz CT molecular complexity index is 509. The van der Waals surface area contributed by atoms with Crippen molar-refractivity contribution < 1.29 is 0 Å². The van der Waals surface area contributed by atoms with Crippen molar-refractivity contribution in [2.75, 3.05) is 11.1 Å². The molecule has 0 aromatic heterocycles. The molecule has 88 valence electrons. The van der Waals surface area contributed by atoms with Crippen molar-refractivity contribution >= 4 is 23.0 Å². The van der Waals surface area contributed by atoms with Crippen molar-refractivity contribution in [2.45, 2.75) is 13.5 Å². The Morgan fingerprint density at radius 3 is 2.53 bits per heavy atom. The first-order valence-electron chi connectivity index (χ1n) is 5.51. The van der Waals surface area contributed by atoms with Gasteiger partial charge in [-0.1, -0.05) is 41.9 Å². The summed E-state index contributed by atoms with van der Waals surface area (Å²) in [6.45, 7) is 2.71. The summed E-state index contributed by atoms with van der Waals surface area (Å²) >= 11 is 6.07. The summed E-state index contributed by atoms with van der Waals surface area (Å²) in [6.07, 6.45) is 0. The van der Waals surface area contributed by atoms with Gasteiger partial charge in [0.25, 0.3) is 0 Å². The molecule has 3 N–H and O–H groups in total. The van der Waals surface area contributed by atoms with E-state index in [1.54, 1.807) is 0 Å². The van der Waals surface area contributed by atoms with Crippen LogP contribution in [0.3, 0.4) is 0 Å². The second-order valence-corrected chi connectivity index (χ2v) is 4.38. The number of nitrogens with two attached hydrogens (primary N) is 1. The lowest BCUT2D eigenvalue weighted by Gasteiger charge is -2.13. The van der Waals surface area contributed by atoms with Gasteiger partial charge in [0.1, 0.15) is 0 Å². The average molecular weight is 247 g/mol. The van der Waals surface area contributed by atoms with Crippen molar-refractivity contribution in [1.29, 1.82) is 0 Å². The van der Waals surface area contributed by atoms with Gasteiger partial charge in [0, 0.05) is 11.6 Å². The van der Waals surface area contributed by atoms with Crippen molar-refractivity contribution in [3.8, 4) is 0 Å². The van der Waals surface area contributed by atoms with E-state index in [9.17, 15) is 0 Å². The SMILES string of the molecule is Cc1c(Cl)ccc(N)c1NCc1ccccc1. The Hall–Kier alpha value is -1.67. The molecule has 17 heavy (non-hydrogen) atoms. The van der Waals surface area contributed by atoms with E-state index in [1.165, 1.54) is 5.56 Å². The number of hydrogen-bond donors (Lipinski definition) is 2. The van der Waals surface area contributed by atoms with E-state index in [0.717, 1.165) is 28.5 Å². The standard InChI is InChI=1S/C14H15ClN2/c1-10-12(15)7-8-13(16)14(10)17-9-11-5-3-2-4-6-11/h2-8,17H,9,16H2,1H3. The molecule has 0 aliphatic heterocycles. The molecule has 2 nitrogen and oxygen atoms in total. The normalized spacial score (nSPS) is 10.2. The van der Waals surface area contributed by atoms with Gasteiger partial charge in [-0.2, -0.15) is 0 Å². The molecule has 2 aromatic carbocycles. The molecule has 0 fully saturated rings. The first-order valence-corrected chi connectivity index (χ1v) is 5.88. The Morgan fingerprint density at radius 2 is 1.82 bits per heavy atom. The molecule has 3 heteroatoms. The molecule has 0 saturated carbocycles. The average Bonchev–Trinajstić information content (AvgIpc) is 2.35. The van der Waals surface area contributed by atoms with Crippen LogP contribution in [0.5, 0.6) is 0 Å². The Kier molecular flexibility index (Phi) is 3.55. The van der Waals surface area contributed by atoms with E-state index in [1.807, 2.05) is 37.3 Å². The lowest BCUT2D eigenvalue weighted by atomic mass is 10.1. The number of hydrogen-bond acceptors (Lipinski definition) is 2. The molecule has 0 spiro atoms. The fourth-order valence-electron chi connectivity index (χ4n) is 1.73. The van der Waals surface area contributed by atoms with Crippen LogP contribution in [-0.4, -0.2) is 0 Å². The molecule has 0 heterocycles. The van der Waals surface area contributed by atoms with Gasteiger partial charge >= 0.3 is 0 Å². The number of anilines is 2. The maximum Gasteiger partial charge on any atom is 0.0621 e. The minimum Gasteiger partial charge on any atom is -0.397 e. The maximum atomic E-state index is 6.07. The van der Waals surface area contributed by atoms with Gasteiger partial charge < -0.3 is 11.1 Å². The lowest BCUT2D eigenvalue weighted by Crippen LogP contribution is -2.04. The van der Waals surface area contributed by atoms with Crippen LogP contribution in [0.2, 0.25) is 5.02 Å². The number of nitrogens with one attached hydrogen (secondary N) is 1. The van der Waals surface area contributed by atoms with Gasteiger partial charge in [-0.15, -0.1) is 0 Å². The number of nitrogen functional groups attached to an aromatic ring is 1. The first-order chi connectivity index (χ1) is 8.18. The van der Waals surface area contributed by atoms with Gasteiger partial charge in [0.2, 0.25) is 0 Å².